The molecule has 0 aliphatic heterocycles. The van der Waals surface area contributed by atoms with Gasteiger partial charge in [0.2, 0.25) is 0 Å². The minimum Gasteiger partial charge on any atom is -0.426 e. The van der Waals surface area contributed by atoms with Crippen LogP contribution in [0.1, 0.15) is 67.9 Å². The summed E-state index contributed by atoms with van der Waals surface area (Å²) in [6.45, 7) is 9.29. The molecule has 1 aromatic rings. The van der Waals surface area contributed by atoms with Crippen LogP contribution in [0, 0.1) is 0 Å². The standard InChI is InChI=1S/C15H19ClO3/c1-8(2)12-6-11(15(16)18)7-13(9(3)4)14(12)19-10(5)17/h6-9H,1-5H3. The van der Waals surface area contributed by atoms with Crippen LogP contribution in [0.25, 0.3) is 0 Å². The molecule has 0 unspecified atom stereocenters. The number of rotatable bonds is 4. The number of ether oxygens (including phenoxy) is 1. The van der Waals surface area contributed by atoms with E-state index in [0.29, 0.717) is 11.3 Å². The fraction of sp³-hybridized carbons (Fsp3) is 0.467. The SMILES string of the molecule is CC(=O)Oc1c(C(C)C)cc(C(=O)Cl)cc1C(C)C. The van der Waals surface area contributed by atoms with E-state index >= 15 is 0 Å². The van der Waals surface area contributed by atoms with Crippen LogP contribution in [0.15, 0.2) is 12.1 Å². The number of benzene rings is 1. The van der Waals surface area contributed by atoms with Crippen molar-refractivity contribution in [2.45, 2.75) is 46.5 Å². The Labute approximate surface area is 118 Å². The van der Waals surface area contributed by atoms with Crippen molar-refractivity contribution >= 4 is 22.8 Å². The molecule has 0 atom stereocenters. The number of hydrogen-bond donors (Lipinski definition) is 0. The van der Waals surface area contributed by atoms with Crippen LogP contribution in [0.2, 0.25) is 0 Å². The molecule has 0 radical (unpaired) electrons. The summed E-state index contributed by atoms with van der Waals surface area (Å²) in [6.07, 6.45) is 0. The molecule has 0 aromatic heterocycles. The normalized spacial score (nSPS) is 10.9. The second-order valence-electron chi connectivity index (χ2n) is 5.16. The fourth-order valence-corrected chi connectivity index (χ4v) is 2.02. The van der Waals surface area contributed by atoms with Gasteiger partial charge in [-0.15, -0.1) is 0 Å². The van der Waals surface area contributed by atoms with Gasteiger partial charge in [-0.2, -0.15) is 0 Å². The topological polar surface area (TPSA) is 43.4 Å². The van der Waals surface area contributed by atoms with Gasteiger partial charge in [-0.3, -0.25) is 9.59 Å². The Balaban J connectivity index is 3.55. The smallest absolute Gasteiger partial charge is 0.308 e. The van der Waals surface area contributed by atoms with Gasteiger partial charge in [-0.05, 0) is 46.7 Å². The summed E-state index contributed by atoms with van der Waals surface area (Å²) < 4.78 is 5.34. The largest absolute Gasteiger partial charge is 0.426 e. The fourth-order valence-electron chi connectivity index (χ4n) is 1.91. The van der Waals surface area contributed by atoms with E-state index in [0.717, 1.165) is 11.1 Å². The van der Waals surface area contributed by atoms with Crippen LogP contribution < -0.4 is 4.74 Å². The molecule has 0 amide bonds. The van der Waals surface area contributed by atoms with E-state index in [1.54, 1.807) is 12.1 Å². The van der Waals surface area contributed by atoms with Crippen molar-refractivity contribution in [1.82, 2.24) is 0 Å². The van der Waals surface area contributed by atoms with Crippen LogP contribution in [0.5, 0.6) is 5.75 Å². The zero-order chi connectivity index (χ0) is 14.7. The first-order chi connectivity index (χ1) is 8.73. The molecule has 3 nitrogen and oxygen atoms in total. The highest BCUT2D eigenvalue weighted by atomic mass is 35.5. The lowest BCUT2D eigenvalue weighted by molar-refractivity contribution is -0.132. The number of halogens is 1. The van der Waals surface area contributed by atoms with Gasteiger partial charge in [-0.25, -0.2) is 0 Å². The van der Waals surface area contributed by atoms with Gasteiger partial charge >= 0.3 is 5.97 Å². The predicted molar refractivity (Wildman–Crippen MR) is 76.1 cm³/mol. The first-order valence-electron chi connectivity index (χ1n) is 6.30. The van der Waals surface area contributed by atoms with Gasteiger partial charge in [0, 0.05) is 12.5 Å². The van der Waals surface area contributed by atoms with Crippen molar-refractivity contribution in [2.75, 3.05) is 0 Å². The van der Waals surface area contributed by atoms with Gasteiger partial charge in [0.05, 0.1) is 0 Å². The molecule has 1 aromatic carbocycles. The molecule has 1 rings (SSSR count). The highest BCUT2D eigenvalue weighted by molar-refractivity contribution is 6.67. The summed E-state index contributed by atoms with van der Waals surface area (Å²) in [6, 6.07) is 3.40. The van der Waals surface area contributed by atoms with Crippen molar-refractivity contribution in [3.63, 3.8) is 0 Å². The zero-order valence-corrected chi connectivity index (χ0v) is 12.7. The van der Waals surface area contributed by atoms with Gasteiger partial charge in [0.25, 0.3) is 5.24 Å². The molecule has 104 valence electrons. The average Bonchev–Trinajstić information content (AvgIpc) is 2.27. The second kappa shape index (κ2) is 6.20. The number of esters is 1. The molecule has 19 heavy (non-hydrogen) atoms. The molecular weight excluding hydrogens is 264 g/mol. The Morgan fingerprint density at radius 3 is 1.74 bits per heavy atom. The van der Waals surface area contributed by atoms with Crippen LogP contribution in [-0.2, 0) is 4.79 Å². The molecule has 0 fully saturated rings. The van der Waals surface area contributed by atoms with E-state index in [-0.39, 0.29) is 17.8 Å². The first-order valence-corrected chi connectivity index (χ1v) is 6.67. The lowest BCUT2D eigenvalue weighted by Crippen LogP contribution is -2.10. The van der Waals surface area contributed by atoms with Gasteiger partial charge in [-0.1, -0.05) is 27.7 Å². The van der Waals surface area contributed by atoms with Crippen LogP contribution >= 0.6 is 11.6 Å². The molecule has 4 heteroatoms. The summed E-state index contributed by atoms with van der Waals surface area (Å²) in [4.78, 5) is 22.7. The molecule has 0 heterocycles. The summed E-state index contributed by atoms with van der Waals surface area (Å²) >= 11 is 5.57. The maximum Gasteiger partial charge on any atom is 0.308 e. The summed E-state index contributed by atoms with van der Waals surface area (Å²) in [7, 11) is 0. The summed E-state index contributed by atoms with van der Waals surface area (Å²) in [5.41, 5.74) is 2.08. The highest BCUT2D eigenvalue weighted by Gasteiger charge is 2.20. The van der Waals surface area contributed by atoms with Crippen molar-refractivity contribution in [3.05, 3.63) is 28.8 Å². The molecular formula is C15H19ClO3. The summed E-state index contributed by atoms with van der Waals surface area (Å²) in [5, 5.41) is -0.502. The van der Waals surface area contributed by atoms with E-state index in [1.807, 2.05) is 27.7 Å². The average molecular weight is 283 g/mol. The Hall–Kier alpha value is -1.35. The number of carbonyl (C=O) groups is 2. The maximum atomic E-state index is 11.4. The van der Waals surface area contributed by atoms with Crippen LogP contribution in [0.4, 0.5) is 0 Å². The first kappa shape index (κ1) is 15.7. The quantitative estimate of drug-likeness (QED) is 0.471. The third-order valence-corrected chi connectivity index (χ3v) is 3.08. The molecule has 0 N–H and O–H groups in total. The van der Waals surface area contributed by atoms with E-state index < -0.39 is 5.24 Å². The molecule has 0 aliphatic carbocycles. The van der Waals surface area contributed by atoms with E-state index in [4.69, 9.17) is 16.3 Å². The van der Waals surface area contributed by atoms with Gasteiger partial charge < -0.3 is 4.74 Å². The lowest BCUT2D eigenvalue weighted by Gasteiger charge is -2.19. The Kier molecular flexibility index (Phi) is 5.12. The highest BCUT2D eigenvalue weighted by Crippen LogP contribution is 2.36. The Bertz CT molecular complexity index is 475. The lowest BCUT2D eigenvalue weighted by atomic mass is 9.91. The molecule has 0 bridgehead atoms. The summed E-state index contributed by atoms with van der Waals surface area (Å²) in [5.74, 6) is 0.443. The zero-order valence-electron chi connectivity index (χ0n) is 11.9. The van der Waals surface area contributed by atoms with E-state index in [9.17, 15) is 9.59 Å². The molecule has 0 saturated carbocycles. The van der Waals surface area contributed by atoms with Crippen molar-refractivity contribution < 1.29 is 14.3 Å². The minimum atomic E-state index is -0.502. The van der Waals surface area contributed by atoms with Crippen molar-refractivity contribution in [2.24, 2.45) is 0 Å². The van der Waals surface area contributed by atoms with Gasteiger partial charge in [0.15, 0.2) is 0 Å². The molecule has 0 spiro atoms. The number of hydrogen-bond acceptors (Lipinski definition) is 3. The van der Waals surface area contributed by atoms with Crippen LogP contribution in [0.3, 0.4) is 0 Å². The Morgan fingerprint density at radius 1 is 1.05 bits per heavy atom. The number of carbonyl (C=O) groups excluding carboxylic acids is 2. The monoisotopic (exact) mass is 282 g/mol. The third kappa shape index (κ3) is 3.80. The van der Waals surface area contributed by atoms with Crippen molar-refractivity contribution in [3.8, 4) is 5.75 Å². The minimum absolute atomic E-state index is 0.128. The van der Waals surface area contributed by atoms with E-state index in [1.165, 1.54) is 6.92 Å². The predicted octanol–water partition coefficient (Wildman–Crippen LogP) is 4.24. The molecule has 0 aliphatic rings. The van der Waals surface area contributed by atoms with Crippen molar-refractivity contribution in [1.29, 1.82) is 0 Å². The molecule has 0 saturated heterocycles. The third-order valence-electron chi connectivity index (χ3n) is 2.86. The van der Waals surface area contributed by atoms with Gasteiger partial charge in [0.1, 0.15) is 5.75 Å². The maximum absolute atomic E-state index is 11.4. The Morgan fingerprint density at radius 2 is 1.47 bits per heavy atom. The second-order valence-corrected chi connectivity index (χ2v) is 5.50. The van der Waals surface area contributed by atoms with Crippen LogP contribution in [-0.4, -0.2) is 11.2 Å². The van der Waals surface area contributed by atoms with E-state index in [2.05, 4.69) is 0 Å².